The summed E-state index contributed by atoms with van der Waals surface area (Å²) < 4.78 is 10.5. The SMILES string of the molecule is CCCCCOc1ccc(C(C)CC2CC2C(=O)OC)cc1. The van der Waals surface area contributed by atoms with E-state index in [1.807, 2.05) is 0 Å². The molecular formula is C19H28O3. The first-order valence-electron chi connectivity index (χ1n) is 8.46. The summed E-state index contributed by atoms with van der Waals surface area (Å²) in [7, 11) is 1.47. The van der Waals surface area contributed by atoms with Crippen LogP contribution in [0.3, 0.4) is 0 Å². The first-order valence-corrected chi connectivity index (χ1v) is 8.46. The molecule has 122 valence electrons. The lowest BCUT2D eigenvalue weighted by Crippen LogP contribution is -2.05. The third kappa shape index (κ3) is 4.75. The van der Waals surface area contributed by atoms with Crippen molar-refractivity contribution in [2.75, 3.05) is 13.7 Å². The zero-order valence-electron chi connectivity index (χ0n) is 14.0. The molecular weight excluding hydrogens is 276 g/mol. The molecule has 3 atom stereocenters. The van der Waals surface area contributed by atoms with Crippen LogP contribution in [0.15, 0.2) is 24.3 Å². The van der Waals surface area contributed by atoms with Gasteiger partial charge in [0.15, 0.2) is 0 Å². The van der Waals surface area contributed by atoms with Crippen molar-refractivity contribution in [2.24, 2.45) is 11.8 Å². The number of ether oxygens (including phenoxy) is 2. The second kappa shape index (κ2) is 8.21. The van der Waals surface area contributed by atoms with Crippen LogP contribution < -0.4 is 4.74 Å². The van der Waals surface area contributed by atoms with E-state index in [0.29, 0.717) is 11.8 Å². The lowest BCUT2D eigenvalue weighted by molar-refractivity contribution is -0.142. The molecule has 1 aromatic rings. The van der Waals surface area contributed by atoms with Crippen molar-refractivity contribution in [3.63, 3.8) is 0 Å². The molecule has 3 heteroatoms. The summed E-state index contributed by atoms with van der Waals surface area (Å²) in [4.78, 5) is 11.5. The third-order valence-corrected chi connectivity index (χ3v) is 4.55. The van der Waals surface area contributed by atoms with Gasteiger partial charge in [0.25, 0.3) is 0 Å². The Morgan fingerprint density at radius 3 is 2.64 bits per heavy atom. The summed E-state index contributed by atoms with van der Waals surface area (Å²) in [6.45, 7) is 5.22. The normalized spacial score (nSPS) is 21.2. The number of hydrogen-bond acceptors (Lipinski definition) is 3. The van der Waals surface area contributed by atoms with Crippen LogP contribution >= 0.6 is 0 Å². The number of hydrogen-bond donors (Lipinski definition) is 0. The molecule has 0 bridgehead atoms. The van der Waals surface area contributed by atoms with E-state index in [4.69, 9.17) is 9.47 Å². The van der Waals surface area contributed by atoms with Crippen LogP contribution in [-0.2, 0) is 9.53 Å². The molecule has 2 rings (SSSR count). The molecule has 1 aromatic carbocycles. The molecule has 0 spiro atoms. The average molecular weight is 304 g/mol. The Balaban J connectivity index is 1.76. The van der Waals surface area contributed by atoms with Crippen molar-refractivity contribution < 1.29 is 14.3 Å². The monoisotopic (exact) mass is 304 g/mol. The van der Waals surface area contributed by atoms with Crippen LogP contribution in [0.4, 0.5) is 0 Å². The molecule has 0 aliphatic heterocycles. The summed E-state index contributed by atoms with van der Waals surface area (Å²) in [5, 5.41) is 0. The van der Waals surface area contributed by atoms with Gasteiger partial charge in [0.2, 0.25) is 0 Å². The van der Waals surface area contributed by atoms with E-state index in [2.05, 4.69) is 38.1 Å². The highest BCUT2D eigenvalue weighted by Gasteiger charge is 2.44. The van der Waals surface area contributed by atoms with Crippen molar-refractivity contribution in [3.05, 3.63) is 29.8 Å². The van der Waals surface area contributed by atoms with Gasteiger partial charge in [0, 0.05) is 0 Å². The first-order chi connectivity index (χ1) is 10.7. The molecule has 1 aliphatic rings. The molecule has 3 nitrogen and oxygen atoms in total. The van der Waals surface area contributed by atoms with Crippen molar-refractivity contribution in [1.82, 2.24) is 0 Å². The van der Waals surface area contributed by atoms with Gasteiger partial charge in [-0.1, -0.05) is 38.8 Å². The first kappa shape index (κ1) is 16.9. The Morgan fingerprint density at radius 2 is 2.00 bits per heavy atom. The molecule has 0 saturated heterocycles. The van der Waals surface area contributed by atoms with Crippen molar-refractivity contribution >= 4 is 5.97 Å². The summed E-state index contributed by atoms with van der Waals surface area (Å²) in [6, 6.07) is 8.41. The Kier molecular flexibility index (Phi) is 6.29. The van der Waals surface area contributed by atoms with Gasteiger partial charge >= 0.3 is 5.97 Å². The fourth-order valence-corrected chi connectivity index (χ4v) is 2.97. The maximum Gasteiger partial charge on any atom is 0.308 e. The van der Waals surface area contributed by atoms with Crippen LogP contribution in [0, 0.1) is 11.8 Å². The van der Waals surface area contributed by atoms with Crippen molar-refractivity contribution in [1.29, 1.82) is 0 Å². The van der Waals surface area contributed by atoms with E-state index in [9.17, 15) is 4.79 Å². The predicted molar refractivity (Wildman–Crippen MR) is 88.1 cm³/mol. The number of benzene rings is 1. The highest BCUT2D eigenvalue weighted by atomic mass is 16.5. The number of rotatable bonds is 9. The minimum atomic E-state index is -0.0481. The van der Waals surface area contributed by atoms with Crippen LogP contribution in [0.2, 0.25) is 0 Å². The van der Waals surface area contributed by atoms with Gasteiger partial charge in [0.1, 0.15) is 5.75 Å². The van der Waals surface area contributed by atoms with Gasteiger partial charge in [-0.25, -0.2) is 0 Å². The third-order valence-electron chi connectivity index (χ3n) is 4.55. The van der Waals surface area contributed by atoms with Crippen molar-refractivity contribution in [2.45, 2.75) is 51.9 Å². The Labute approximate surface area is 134 Å². The smallest absolute Gasteiger partial charge is 0.308 e. The van der Waals surface area contributed by atoms with Gasteiger partial charge in [-0.05, 0) is 48.8 Å². The van der Waals surface area contributed by atoms with E-state index in [0.717, 1.165) is 31.6 Å². The second-order valence-electron chi connectivity index (χ2n) is 6.39. The molecule has 1 fully saturated rings. The summed E-state index contributed by atoms with van der Waals surface area (Å²) >= 11 is 0. The number of methoxy groups -OCH3 is 1. The molecule has 1 saturated carbocycles. The second-order valence-corrected chi connectivity index (χ2v) is 6.39. The zero-order valence-corrected chi connectivity index (χ0v) is 14.0. The molecule has 0 heterocycles. The van der Waals surface area contributed by atoms with Crippen LogP contribution in [0.5, 0.6) is 5.75 Å². The van der Waals surface area contributed by atoms with Gasteiger partial charge in [-0.2, -0.15) is 0 Å². The average Bonchev–Trinajstić information content (AvgIpc) is 3.30. The van der Waals surface area contributed by atoms with Gasteiger partial charge in [0.05, 0.1) is 19.6 Å². The summed E-state index contributed by atoms with van der Waals surface area (Å²) in [6.07, 6.45) is 5.59. The Hall–Kier alpha value is -1.51. The van der Waals surface area contributed by atoms with Gasteiger partial charge in [-0.15, -0.1) is 0 Å². The fourth-order valence-electron chi connectivity index (χ4n) is 2.97. The minimum absolute atomic E-state index is 0.0481. The number of esters is 1. The highest BCUT2D eigenvalue weighted by molar-refractivity contribution is 5.75. The molecule has 22 heavy (non-hydrogen) atoms. The quantitative estimate of drug-likeness (QED) is 0.495. The summed E-state index contributed by atoms with van der Waals surface area (Å²) in [5.41, 5.74) is 1.32. The van der Waals surface area contributed by atoms with E-state index < -0.39 is 0 Å². The van der Waals surface area contributed by atoms with E-state index in [1.54, 1.807) is 0 Å². The standard InChI is InChI=1S/C19H28O3/c1-4-5-6-11-22-17-9-7-15(8-10-17)14(2)12-16-13-18(16)19(20)21-3/h7-10,14,16,18H,4-6,11-13H2,1-3H3. The predicted octanol–water partition coefficient (Wildman–Crippen LogP) is 4.56. The molecule has 0 N–H and O–H groups in total. The summed E-state index contributed by atoms with van der Waals surface area (Å²) in [5.74, 6) is 1.99. The molecule has 0 radical (unpaired) electrons. The van der Waals surface area contributed by atoms with Crippen LogP contribution in [0.1, 0.15) is 57.4 Å². The minimum Gasteiger partial charge on any atom is -0.494 e. The van der Waals surface area contributed by atoms with E-state index >= 15 is 0 Å². The van der Waals surface area contributed by atoms with Crippen LogP contribution in [-0.4, -0.2) is 19.7 Å². The largest absolute Gasteiger partial charge is 0.494 e. The maximum atomic E-state index is 11.5. The maximum absolute atomic E-state index is 11.5. The molecule has 0 aromatic heterocycles. The molecule has 3 unspecified atom stereocenters. The van der Waals surface area contributed by atoms with Crippen LogP contribution in [0.25, 0.3) is 0 Å². The topological polar surface area (TPSA) is 35.5 Å². The van der Waals surface area contributed by atoms with E-state index in [-0.39, 0.29) is 11.9 Å². The zero-order chi connectivity index (χ0) is 15.9. The highest BCUT2D eigenvalue weighted by Crippen LogP contribution is 2.45. The molecule has 0 amide bonds. The van der Waals surface area contributed by atoms with Gasteiger partial charge in [-0.3, -0.25) is 4.79 Å². The number of carbonyl (C=O) groups excluding carboxylic acids is 1. The Bertz CT molecular complexity index is 466. The number of unbranched alkanes of at least 4 members (excludes halogenated alkanes) is 2. The lowest BCUT2D eigenvalue weighted by atomic mass is 9.95. The van der Waals surface area contributed by atoms with Gasteiger partial charge < -0.3 is 9.47 Å². The number of carbonyl (C=O) groups is 1. The van der Waals surface area contributed by atoms with E-state index in [1.165, 1.54) is 25.5 Å². The Morgan fingerprint density at radius 1 is 1.27 bits per heavy atom. The van der Waals surface area contributed by atoms with Crippen molar-refractivity contribution in [3.8, 4) is 5.75 Å². The lowest BCUT2D eigenvalue weighted by Gasteiger charge is -2.13. The fraction of sp³-hybridized carbons (Fsp3) is 0.632. The molecule has 1 aliphatic carbocycles.